The Hall–Kier alpha value is -5.11. The molecule has 8 aromatic carbocycles. The van der Waals surface area contributed by atoms with E-state index in [2.05, 4.69) is 158 Å². The van der Waals surface area contributed by atoms with Crippen molar-refractivity contribution in [2.45, 2.75) is 9.79 Å². The molecule has 8 aromatic rings. The van der Waals surface area contributed by atoms with Crippen LogP contribution in [-0.2, 0) is 0 Å². The molecule has 0 saturated carbocycles. The summed E-state index contributed by atoms with van der Waals surface area (Å²) >= 11 is 1.89. The lowest BCUT2D eigenvalue weighted by atomic mass is 9.85. The third kappa shape index (κ3) is 3.86. The highest BCUT2D eigenvalue weighted by molar-refractivity contribution is 7.99. The normalized spacial score (nSPS) is 12.1. The van der Waals surface area contributed by atoms with Crippen molar-refractivity contribution in [2.75, 3.05) is 0 Å². The first-order chi connectivity index (χ1) is 21.3. The van der Waals surface area contributed by atoms with Crippen LogP contribution in [0.4, 0.5) is 0 Å². The van der Waals surface area contributed by atoms with Crippen molar-refractivity contribution < 1.29 is 0 Å². The van der Waals surface area contributed by atoms with E-state index in [1.807, 2.05) is 11.8 Å². The van der Waals surface area contributed by atoms with Crippen LogP contribution in [0.5, 0.6) is 0 Å². The van der Waals surface area contributed by atoms with Crippen molar-refractivity contribution in [2.24, 2.45) is 0 Å². The van der Waals surface area contributed by atoms with Gasteiger partial charge in [0, 0.05) is 15.2 Å². The minimum atomic E-state index is 1.23. The molecule has 43 heavy (non-hydrogen) atoms. The molecule has 0 aromatic heterocycles. The van der Waals surface area contributed by atoms with Gasteiger partial charge < -0.3 is 0 Å². The van der Waals surface area contributed by atoms with Crippen LogP contribution in [0.25, 0.3) is 76.8 Å². The molecule has 1 heteroatoms. The van der Waals surface area contributed by atoms with Crippen molar-refractivity contribution in [1.29, 1.82) is 0 Å². The third-order valence-electron chi connectivity index (χ3n) is 8.84. The summed E-state index contributed by atoms with van der Waals surface area (Å²) in [5, 5.41) is 7.81. The lowest BCUT2D eigenvalue weighted by Gasteiger charge is -2.21. The van der Waals surface area contributed by atoms with E-state index < -0.39 is 0 Å². The first kappa shape index (κ1) is 24.5. The highest BCUT2D eigenvalue weighted by Crippen LogP contribution is 2.49. The lowest BCUT2D eigenvalue weighted by Crippen LogP contribution is -1.93. The molecule has 1 aliphatic rings. The van der Waals surface area contributed by atoms with Crippen LogP contribution < -0.4 is 0 Å². The van der Waals surface area contributed by atoms with E-state index in [4.69, 9.17) is 0 Å². The highest BCUT2D eigenvalue weighted by atomic mass is 32.2. The Morgan fingerprint density at radius 3 is 1.60 bits per heavy atom. The molecule has 0 aliphatic carbocycles. The van der Waals surface area contributed by atoms with Gasteiger partial charge in [0.2, 0.25) is 0 Å². The summed E-state index contributed by atoms with van der Waals surface area (Å²) in [4.78, 5) is 2.65. The summed E-state index contributed by atoms with van der Waals surface area (Å²) in [7, 11) is 0. The van der Waals surface area contributed by atoms with Gasteiger partial charge in [-0.3, -0.25) is 0 Å². The second kappa shape index (κ2) is 9.73. The van der Waals surface area contributed by atoms with Crippen molar-refractivity contribution >= 4 is 44.1 Å². The summed E-state index contributed by atoms with van der Waals surface area (Å²) in [5.41, 5.74) is 10.2. The minimum absolute atomic E-state index is 1.23. The zero-order valence-corrected chi connectivity index (χ0v) is 24.2. The minimum Gasteiger partial charge on any atom is -0.0888 e. The van der Waals surface area contributed by atoms with E-state index in [0.29, 0.717) is 0 Å². The maximum absolute atomic E-state index is 2.38. The molecule has 1 aliphatic heterocycles. The van der Waals surface area contributed by atoms with Crippen LogP contribution in [0.3, 0.4) is 0 Å². The van der Waals surface area contributed by atoms with E-state index in [0.717, 1.165) is 0 Å². The maximum Gasteiger partial charge on any atom is 0.0207 e. The van der Waals surface area contributed by atoms with Gasteiger partial charge in [-0.1, -0.05) is 151 Å². The van der Waals surface area contributed by atoms with Crippen molar-refractivity contribution in [1.82, 2.24) is 0 Å². The molecule has 9 rings (SSSR count). The van der Waals surface area contributed by atoms with E-state index in [1.54, 1.807) is 0 Å². The molecule has 0 bridgehead atoms. The van der Waals surface area contributed by atoms with Gasteiger partial charge in [0.1, 0.15) is 0 Å². The Kier molecular flexibility index (Phi) is 5.54. The van der Waals surface area contributed by atoms with Gasteiger partial charge in [-0.25, -0.2) is 0 Å². The van der Waals surface area contributed by atoms with Gasteiger partial charge in [0.15, 0.2) is 0 Å². The number of hydrogen-bond donors (Lipinski definition) is 0. The highest BCUT2D eigenvalue weighted by Gasteiger charge is 2.20. The standard InChI is InChI=1S/C42H26S/c1-2-11-27(12-3-1)40-34-17-4-6-19-36(34)41(37-20-7-5-18-35(37)40)31-16-8-15-29(25-31)30-23-24-32-33-21-9-13-28-14-10-22-38(42(28)33)43-39(32)26-30/h1-26H. The maximum atomic E-state index is 2.38. The average molecular weight is 563 g/mol. The van der Waals surface area contributed by atoms with Gasteiger partial charge in [0.25, 0.3) is 0 Å². The van der Waals surface area contributed by atoms with Crippen LogP contribution in [0.15, 0.2) is 168 Å². The van der Waals surface area contributed by atoms with Gasteiger partial charge >= 0.3 is 0 Å². The third-order valence-corrected chi connectivity index (χ3v) is 9.95. The molecule has 0 N–H and O–H groups in total. The smallest absolute Gasteiger partial charge is 0.0207 e. The zero-order chi connectivity index (χ0) is 28.3. The Bertz CT molecular complexity index is 2300. The van der Waals surface area contributed by atoms with E-state index in [9.17, 15) is 0 Å². The second-order valence-corrected chi connectivity index (χ2v) is 12.3. The fourth-order valence-corrected chi connectivity index (χ4v) is 8.14. The number of benzene rings is 8. The van der Waals surface area contributed by atoms with Gasteiger partial charge in [-0.2, -0.15) is 0 Å². The topological polar surface area (TPSA) is 0 Å². The van der Waals surface area contributed by atoms with Crippen LogP contribution in [0, 0.1) is 0 Å². The largest absolute Gasteiger partial charge is 0.0888 e. The molecule has 0 radical (unpaired) electrons. The Labute approximate surface area is 255 Å². The van der Waals surface area contributed by atoms with Crippen molar-refractivity contribution in [3.8, 4) is 44.5 Å². The molecule has 0 unspecified atom stereocenters. The number of hydrogen-bond acceptors (Lipinski definition) is 1. The van der Waals surface area contributed by atoms with E-state index in [-0.39, 0.29) is 0 Å². The summed E-state index contributed by atoms with van der Waals surface area (Å²) in [6.07, 6.45) is 0. The van der Waals surface area contributed by atoms with Crippen LogP contribution in [0.2, 0.25) is 0 Å². The van der Waals surface area contributed by atoms with Crippen LogP contribution >= 0.6 is 11.8 Å². The monoisotopic (exact) mass is 562 g/mol. The van der Waals surface area contributed by atoms with E-state index >= 15 is 0 Å². The average Bonchev–Trinajstić information content (AvgIpc) is 3.07. The lowest BCUT2D eigenvalue weighted by molar-refractivity contribution is 1.39. The molecular formula is C42H26S. The molecule has 1 heterocycles. The molecular weight excluding hydrogens is 537 g/mol. The zero-order valence-electron chi connectivity index (χ0n) is 23.4. The van der Waals surface area contributed by atoms with Gasteiger partial charge in [0.05, 0.1) is 0 Å². The number of rotatable bonds is 3. The molecule has 200 valence electrons. The summed E-state index contributed by atoms with van der Waals surface area (Å²) in [6, 6.07) is 57.9. The fraction of sp³-hybridized carbons (Fsp3) is 0. The summed E-state index contributed by atoms with van der Waals surface area (Å²) in [5.74, 6) is 0. The predicted molar refractivity (Wildman–Crippen MR) is 185 cm³/mol. The molecule has 0 nitrogen and oxygen atoms in total. The number of fused-ring (bicyclic) bond motifs is 4. The SMILES string of the molecule is c1ccc(-c2c3ccccc3c(-c3cccc(-c4ccc5c(c4)Sc4cccc6cccc-5c46)c3)c3ccccc23)cc1. The predicted octanol–water partition coefficient (Wildman–Crippen LogP) is 12.3. The van der Waals surface area contributed by atoms with E-state index in [1.165, 1.54) is 86.6 Å². The quantitative estimate of drug-likeness (QED) is 0.193. The second-order valence-electron chi connectivity index (χ2n) is 11.3. The summed E-state index contributed by atoms with van der Waals surface area (Å²) < 4.78 is 0. The Morgan fingerprint density at radius 1 is 0.326 bits per heavy atom. The first-order valence-corrected chi connectivity index (χ1v) is 15.6. The Balaban J connectivity index is 1.23. The molecule has 0 amide bonds. The molecule has 0 saturated heterocycles. The Morgan fingerprint density at radius 2 is 0.884 bits per heavy atom. The van der Waals surface area contributed by atoms with Gasteiger partial charge in [-0.05, 0) is 89.6 Å². The molecule has 0 spiro atoms. The van der Waals surface area contributed by atoms with Crippen molar-refractivity contribution in [3.05, 3.63) is 158 Å². The molecule has 0 atom stereocenters. The van der Waals surface area contributed by atoms with Crippen molar-refractivity contribution in [3.63, 3.8) is 0 Å². The fourth-order valence-electron chi connectivity index (χ4n) is 6.95. The van der Waals surface area contributed by atoms with Gasteiger partial charge in [-0.15, -0.1) is 0 Å². The van der Waals surface area contributed by atoms with Crippen LogP contribution in [-0.4, -0.2) is 0 Å². The van der Waals surface area contributed by atoms with Crippen LogP contribution in [0.1, 0.15) is 0 Å². The summed E-state index contributed by atoms with van der Waals surface area (Å²) in [6.45, 7) is 0. The first-order valence-electron chi connectivity index (χ1n) is 14.8. The molecule has 0 fully saturated rings.